The number of anilines is 2. The molecule has 0 saturated carbocycles. The van der Waals surface area contributed by atoms with Gasteiger partial charge in [0.05, 0.1) is 68.6 Å². The van der Waals surface area contributed by atoms with Crippen molar-refractivity contribution in [3.63, 3.8) is 0 Å². The van der Waals surface area contributed by atoms with Gasteiger partial charge in [-0.15, -0.1) is 0 Å². The van der Waals surface area contributed by atoms with Gasteiger partial charge in [-0.2, -0.15) is 16.8 Å². The number of aromatic nitrogens is 4. The van der Waals surface area contributed by atoms with E-state index in [0.717, 1.165) is 39.3 Å². The maximum absolute atomic E-state index is 12.7. The fourth-order valence-corrected chi connectivity index (χ4v) is 10.6. The van der Waals surface area contributed by atoms with Crippen molar-refractivity contribution in [3.05, 3.63) is 92.9 Å². The number of ether oxygens (including phenoxy) is 2. The molecule has 6 N–H and O–H groups in total. The minimum Gasteiger partial charge on any atom is -0.379 e. The molecule has 4 heterocycles. The normalized spacial score (nSPS) is 14.8. The van der Waals surface area contributed by atoms with Crippen LogP contribution in [0.1, 0.15) is 0 Å². The molecule has 2 fully saturated rings. The predicted octanol–water partition coefficient (Wildman–Crippen LogP) is 6.18. The molecule has 2 aliphatic rings. The molecule has 4 amide bonds. The predicted molar refractivity (Wildman–Crippen MR) is 249 cm³/mol. The number of halogens is 4. The summed E-state index contributed by atoms with van der Waals surface area (Å²) in [4.78, 5) is 42.5. The molecule has 2 saturated heterocycles. The molecule has 20 nitrogen and oxygen atoms in total. The fourth-order valence-electron chi connectivity index (χ4n) is 6.59. The van der Waals surface area contributed by atoms with Crippen molar-refractivity contribution in [2.75, 3.05) is 89.4 Å². The van der Waals surface area contributed by atoms with Crippen molar-refractivity contribution < 1.29 is 44.3 Å². The number of fused-ring (bicyclic) bond motifs is 2. The summed E-state index contributed by atoms with van der Waals surface area (Å²) >= 11 is 24.0. The number of H-pyrrole nitrogens is 2. The minimum absolute atomic E-state index is 0.0312. The Morgan fingerprint density at radius 1 is 0.591 bits per heavy atom. The second-order valence-electron chi connectivity index (χ2n) is 14.4. The number of nitrogens with one attached hydrogen (secondary N) is 6. The van der Waals surface area contributed by atoms with Gasteiger partial charge in [0.1, 0.15) is 21.3 Å². The maximum atomic E-state index is 12.7. The molecule has 0 radical (unpaired) electrons. The third kappa shape index (κ3) is 13.1. The van der Waals surface area contributed by atoms with Crippen molar-refractivity contribution in [1.82, 2.24) is 40.4 Å². The molecule has 0 aliphatic carbocycles. The molecule has 66 heavy (non-hydrogen) atoms. The SMILES string of the molecule is O=C(NCCN1CCOCC1)Nc1nc2ccc(OS(=O)(=O)c3c(Cl)cccc3Cl)cc2[nH]1.O=C(NCCN1CCOCC1)Nc1nc2ccc(OS(=O)(=O)c3c(Cl)cccc3Cl)cc2[nH]1. The van der Waals surface area contributed by atoms with Crippen LogP contribution in [0.15, 0.2) is 82.6 Å². The zero-order chi connectivity index (χ0) is 46.8. The van der Waals surface area contributed by atoms with E-state index in [1.807, 2.05) is 0 Å². The quantitative estimate of drug-likeness (QED) is 0.0667. The van der Waals surface area contributed by atoms with E-state index in [-0.39, 0.29) is 53.3 Å². The molecule has 26 heteroatoms. The van der Waals surface area contributed by atoms with Gasteiger partial charge in [-0.3, -0.25) is 20.4 Å². The number of benzene rings is 4. The van der Waals surface area contributed by atoms with Crippen LogP contribution in [0.4, 0.5) is 21.5 Å². The molecular weight excluding hydrogens is 986 g/mol. The highest BCUT2D eigenvalue weighted by Gasteiger charge is 2.26. The van der Waals surface area contributed by atoms with Gasteiger partial charge < -0.3 is 38.4 Å². The minimum atomic E-state index is -4.26. The van der Waals surface area contributed by atoms with Crippen LogP contribution in [0.3, 0.4) is 0 Å². The van der Waals surface area contributed by atoms with E-state index >= 15 is 0 Å². The first kappa shape index (κ1) is 48.8. The number of carbonyl (C=O) groups is 2. The van der Waals surface area contributed by atoms with Gasteiger partial charge in [0.2, 0.25) is 11.9 Å². The van der Waals surface area contributed by atoms with Crippen LogP contribution in [0, 0.1) is 0 Å². The van der Waals surface area contributed by atoms with Crippen LogP contribution in [0.5, 0.6) is 11.5 Å². The van der Waals surface area contributed by atoms with Gasteiger partial charge in [0.15, 0.2) is 0 Å². The van der Waals surface area contributed by atoms with E-state index in [2.05, 4.69) is 51.0 Å². The van der Waals surface area contributed by atoms with Gasteiger partial charge in [-0.05, 0) is 48.5 Å². The Hall–Kier alpha value is -5.14. The Morgan fingerprint density at radius 3 is 1.32 bits per heavy atom. The molecule has 6 aromatic rings. The maximum Gasteiger partial charge on any atom is 0.342 e. The highest BCUT2D eigenvalue weighted by molar-refractivity contribution is 7.87. The van der Waals surface area contributed by atoms with Crippen LogP contribution >= 0.6 is 46.4 Å². The van der Waals surface area contributed by atoms with Crippen molar-refractivity contribution >= 4 is 113 Å². The van der Waals surface area contributed by atoms with Gasteiger partial charge >= 0.3 is 32.3 Å². The van der Waals surface area contributed by atoms with Crippen LogP contribution < -0.4 is 29.6 Å². The average molecular weight is 1030 g/mol. The van der Waals surface area contributed by atoms with E-state index < -0.39 is 32.3 Å². The highest BCUT2D eigenvalue weighted by atomic mass is 35.5. The lowest BCUT2D eigenvalue weighted by atomic mass is 10.3. The number of rotatable bonds is 14. The molecule has 352 valence electrons. The lowest BCUT2D eigenvalue weighted by molar-refractivity contribution is 0.0387. The first-order valence-corrected chi connectivity index (χ1v) is 24.4. The van der Waals surface area contributed by atoms with Crippen molar-refractivity contribution in [3.8, 4) is 11.5 Å². The molecule has 0 bridgehead atoms. The van der Waals surface area contributed by atoms with E-state index in [4.69, 9.17) is 64.2 Å². The summed E-state index contributed by atoms with van der Waals surface area (Å²) in [7, 11) is -8.53. The standard InChI is InChI=1S/2C20H21Cl2N5O5S/c2*21-14-2-1-3-15(22)18(14)33(29,30)32-13-4-5-16-17(12-13)25-19(24-16)26-20(28)23-6-7-27-8-10-31-11-9-27/h2*1-5,12H,6-11H2,(H3,23,24,25,26,28). The fraction of sp³-hybridized carbons (Fsp3) is 0.300. The lowest BCUT2D eigenvalue weighted by Gasteiger charge is -2.26. The number of urea groups is 2. The number of nitrogens with zero attached hydrogens (tertiary/aromatic N) is 4. The Balaban J connectivity index is 0.000000196. The van der Waals surface area contributed by atoms with Crippen LogP contribution in [0.25, 0.3) is 22.1 Å². The average Bonchev–Trinajstić information content (AvgIpc) is 3.86. The van der Waals surface area contributed by atoms with Crippen molar-refractivity contribution in [2.24, 2.45) is 0 Å². The third-order valence-corrected chi connectivity index (χ3v) is 14.2. The number of aromatic amines is 2. The first-order valence-electron chi connectivity index (χ1n) is 20.1. The van der Waals surface area contributed by atoms with Crippen molar-refractivity contribution in [2.45, 2.75) is 9.79 Å². The van der Waals surface area contributed by atoms with Crippen molar-refractivity contribution in [1.29, 1.82) is 0 Å². The molecule has 0 spiro atoms. The number of hydrogen-bond acceptors (Lipinski definition) is 14. The van der Waals surface area contributed by atoms with Crippen LogP contribution in [0.2, 0.25) is 20.1 Å². The van der Waals surface area contributed by atoms with Gasteiger partial charge in [-0.1, -0.05) is 58.5 Å². The Bertz CT molecular complexity index is 2680. The molecular formula is C40H42Cl4N10O10S2. The van der Waals surface area contributed by atoms with Gasteiger partial charge in [0.25, 0.3) is 0 Å². The van der Waals surface area contributed by atoms with E-state index in [1.54, 1.807) is 12.1 Å². The second-order valence-corrected chi connectivity index (χ2v) is 19.0. The summed E-state index contributed by atoms with van der Waals surface area (Å²) in [6.45, 7) is 8.57. The van der Waals surface area contributed by atoms with E-state index in [9.17, 15) is 26.4 Å². The monoisotopic (exact) mass is 1030 g/mol. The zero-order valence-corrected chi connectivity index (χ0v) is 39.3. The topological polar surface area (TPSA) is 251 Å². The molecule has 2 aliphatic heterocycles. The third-order valence-electron chi connectivity index (χ3n) is 9.75. The summed E-state index contributed by atoms with van der Waals surface area (Å²) in [5.41, 5.74) is 1.96. The summed E-state index contributed by atoms with van der Waals surface area (Å²) < 4.78 is 71.6. The Kier molecular flexibility index (Phi) is 16.3. The highest BCUT2D eigenvalue weighted by Crippen LogP contribution is 2.34. The number of imidazole rings is 2. The summed E-state index contributed by atoms with van der Waals surface area (Å²) in [6.07, 6.45) is 0. The summed E-state index contributed by atoms with van der Waals surface area (Å²) in [5.74, 6) is 0.485. The second kappa shape index (κ2) is 22.1. The van der Waals surface area contributed by atoms with Crippen LogP contribution in [-0.4, -0.2) is 137 Å². The largest absolute Gasteiger partial charge is 0.379 e. The molecule has 0 unspecified atom stereocenters. The van der Waals surface area contributed by atoms with Gasteiger partial charge in [-0.25, -0.2) is 19.6 Å². The lowest BCUT2D eigenvalue weighted by Crippen LogP contribution is -2.42. The molecule has 2 aromatic heterocycles. The number of amides is 4. The summed E-state index contributed by atoms with van der Waals surface area (Å²) in [6, 6.07) is 16.8. The molecule has 4 aromatic carbocycles. The summed E-state index contributed by atoms with van der Waals surface area (Å²) in [5, 5.41) is 10.6. The van der Waals surface area contributed by atoms with E-state index in [1.165, 1.54) is 60.7 Å². The number of hydrogen-bond donors (Lipinski definition) is 6. The number of morpholine rings is 2. The number of carbonyl (C=O) groups excluding carboxylic acids is 2. The first-order chi connectivity index (χ1) is 31.6. The molecule has 0 atom stereocenters. The van der Waals surface area contributed by atoms with Gasteiger partial charge in [0, 0.05) is 64.5 Å². The Labute approximate surface area is 398 Å². The van der Waals surface area contributed by atoms with E-state index in [0.29, 0.717) is 61.6 Å². The smallest absolute Gasteiger partial charge is 0.342 e. The zero-order valence-electron chi connectivity index (χ0n) is 34.6. The van der Waals surface area contributed by atoms with Crippen LogP contribution in [-0.2, 0) is 29.7 Å². The Morgan fingerprint density at radius 2 is 0.955 bits per heavy atom. The molecule has 8 rings (SSSR count).